The standard InChI is InChI=1S/C22H15N3O4/c1-24-20-17(21(28)25(2)22(24)29)15(11-6-5-7-12(26)10-11)16-18(23-20)13-8-3-4-9-14(13)19(16)27/h3-10,26H,1-2H3. The lowest BCUT2D eigenvalue weighted by Gasteiger charge is -2.15. The number of aromatic nitrogens is 3. The summed E-state index contributed by atoms with van der Waals surface area (Å²) in [5.41, 5.74) is 1.91. The van der Waals surface area contributed by atoms with E-state index in [1.165, 1.54) is 23.7 Å². The molecule has 2 heterocycles. The third-order valence-corrected chi connectivity index (χ3v) is 5.38. The molecular weight excluding hydrogens is 370 g/mol. The van der Waals surface area contributed by atoms with Crippen molar-refractivity contribution in [2.24, 2.45) is 14.1 Å². The second-order valence-corrected chi connectivity index (χ2v) is 7.04. The third-order valence-electron chi connectivity index (χ3n) is 5.38. The highest BCUT2D eigenvalue weighted by Crippen LogP contribution is 2.43. The van der Waals surface area contributed by atoms with Gasteiger partial charge in [0, 0.05) is 30.8 Å². The molecule has 0 spiro atoms. The molecule has 2 aromatic heterocycles. The van der Waals surface area contributed by atoms with Crippen LogP contribution in [0.2, 0.25) is 0 Å². The average Bonchev–Trinajstić information content (AvgIpc) is 3.01. The van der Waals surface area contributed by atoms with Crippen LogP contribution < -0.4 is 11.2 Å². The molecule has 0 unspecified atom stereocenters. The zero-order valence-corrected chi connectivity index (χ0v) is 15.6. The number of carbonyl (C=O) groups excluding carboxylic acids is 1. The number of rotatable bonds is 1. The number of benzene rings is 2. The Labute approximate surface area is 164 Å². The van der Waals surface area contributed by atoms with Gasteiger partial charge in [-0.15, -0.1) is 0 Å². The van der Waals surface area contributed by atoms with Crippen molar-refractivity contribution in [3.63, 3.8) is 0 Å². The number of carbonyl (C=O) groups is 1. The van der Waals surface area contributed by atoms with Gasteiger partial charge in [-0.3, -0.25) is 18.7 Å². The second-order valence-electron chi connectivity index (χ2n) is 7.04. The summed E-state index contributed by atoms with van der Waals surface area (Å²) in [4.78, 5) is 43.5. The van der Waals surface area contributed by atoms with Crippen LogP contribution in [0.3, 0.4) is 0 Å². The van der Waals surface area contributed by atoms with Crippen LogP contribution in [0.25, 0.3) is 33.4 Å². The molecule has 0 bridgehead atoms. The lowest BCUT2D eigenvalue weighted by atomic mass is 9.95. The molecule has 1 N–H and O–H groups in total. The van der Waals surface area contributed by atoms with Crippen molar-refractivity contribution in [3.8, 4) is 28.1 Å². The summed E-state index contributed by atoms with van der Waals surface area (Å²) in [7, 11) is 2.93. The van der Waals surface area contributed by atoms with Crippen LogP contribution in [-0.4, -0.2) is 25.0 Å². The van der Waals surface area contributed by atoms with E-state index in [0.717, 1.165) is 4.57 Å². The number of ketones is 1. The van der Waals surface area contributed by atoms with Crippen LogP contribution in [0, 0.1) is 0 Å². The fraction of sp³-hybridized carbons (Fsp3) is 0.0909. The number of hydrogen-bond acceptors (Lipinski definition) is 5. The molecule has 4 aromatic rings. The number of hydrogen-bond donors (Lipinski definition) is 1. The number of phenols is 1. The molecule has 5 rings (SSSR count). The van der Waals surface area contributed by atoms with Crippen LogP contribution >= 0.6 is 0 Å². The van der Waals surface area contributed by atoms with E-state index in [4.69, 9.17) is 0 Å². The fourth-order valence-corrected chi connectivity index (χ4v) is 3.98. The SMILES string of the molecule is Cn1c(=O)c2c(-c3cccc(O)c3)c3c(nc2n(C)c1=O)-c1ccccc1C3=O. The number of nitrogens with zero attached hydrogens (tertiary/aromatic N) is 3. The predicted molar refractivity (Wildman–Crippen MR) is 108 cm³/mol. The first kappa shape index (κ1) is 17.1. The van der Waals surface area contributed by atoms with Crippen molar-refractivity contribution in [1.29, 1.82) is 0 Å². The Balaban J connectivity index is 2.09. The Bertz CT molecular complexity index is 1490. The number of aromatic hydroxyl groups is 1. The maximum atomic E-state index is 13.3. The van der Waals surface area contributed by atoms with Crippen LogP contribution in [0.5, 0.6) is 5.75 Å². The highest BCUT2D eigenvalue weighted by Gasteiger charge is 2.34. The number of fused-ring (bicyclic) bond motifs is 4. The maximum absolute atomic E-state index is 13.3. The molecule has 0 fully saturated rings. The van der Waals surface area contributed by atoms with Crippen LogP contribution in [0.15, 0.2) is 58.1 Å². The van der Waals surface area contributed by atoms with E-state index in [1.54, 1.807) is 37.4 Å². The Morgan fingerprint density at radius 1 is 0.862 bits per heavy atom. The first-order valence-corrected chi connectivity index (χ1v) is 8.97. The van der Waals surface area contributed by atoms with Gasteiger partial charge < -0.3 is 5.11 Å². The zero-order chi connectivity index (χ0) is 20.4. The van der Waals surface area contributed by atoms with Gasteiger partial charge in [-0.25, -0.2) is 9.78 Å². The molecule has 142 valence electrons. The molecule has 1 aliphatic carbocycles. The molecule has 1 aliphatic rings. The highest BCUT2D eigenvalue weighted by molar-refractivity contribution is 6.26. The summed E-state index contributed by atoms with van der Waals surface area (Å²) >= 11 is 0. The molecule has 29 heavy (non-hydrogen) atoms. The molecule has 0 aliphatic heterocycles. The first-order valence-electron chi connectivity index (χ1n) is 8.97. The van der Waals surface area contributed by atoms with Gasteiger partial charge in [-0.05, 0) is 17.7 Å². The summed E-state index contributed by atoms with van der Waals surface area (Å²) in [5, 5.41) is 10.2. The minimum atomic E-state index is -0.541. The smallest absolute Gasteiger partial charge is 0.332 e. The minimum Gasteiger partial charge on any atom is -0.508 e. The molecule has 7 heteroatoms. The van der Waals surface area contributed by atoms with Gasteiger partial charge in [0.25, 0.3) is 5.56 Å². The highest BCUT2D eigenvalue weighted by atomic mass is 16.3. The quantitative estimate of drug-likeness (QED) is 0.477. The van der Waals surface area contributed by atoms with E-state index in [9.17, 15) is 19.5 Å². The van der Waals surface area contributed by atoms with Crippen molar-refractivity contribution in [3.05, 3.63) is 80.5 Å². The van der Waals surface area contributed by atoms with Gasteiger partial charge in [0.2, 0.25) is 0 Å². The Morgan fingerprint density at radius 3 is 2.31 bits per heavy atom. The Hall–Kier alpha value is -4.00. The lowest BCUT2D eigenvalue weighted by Crippen LogP contribution is -2.37. The van der Waals surface area contributed by atoms with E-state index >= 15 is 0 Å². The van der Waals surface area contributed by atoms with Crippen LogP contribution in [0.4, 0.5) is 0 Å². The second kappa shape index (κ2) is 5.75. The van der Waals surface area contributed by atoms with Gasteiger partial charge in [0.05, 0.1) is 16.6 Å². The first-order chi connectivity index (χ1) is 13.9. The fourth-order valence-electron chi connectivity index (χ4n) is 3.98. The lowest BCUT2D eigenvalue weighted by molar-refractivity contribution is 0.104. The number of aryl methyl sites for hydroxylation is 1. The third kappa shape index (κ3) is 2.18. The molecule has 2 aromatic carbocycles. The zero-order valence-electron chi connectivity index (χ0n) is 15.6. The number of pyridine rings is 1. The van der Waals surface area contributed by atoms with Crippen molar-refractivity contribution in [2.45, 2.75) is 0 Å². The predicted octanol–water partition coefficient (Wildman–Crippen LogP) is 2.22. The molecule has 0 radical (unpaired) electrons. The minimum absolute atomic E-state index is 0.00539. The van der Waals surface area contributed by atoms with E-state index in [-0.39, 0.29) is 22.6 Å². The monoisotopic (exact) mass is 385 g/mol. The summed E-state index contributed by atoms with van der Waals surface area (Å²) in [6.07, 6.45) is 0. The Morgan fingerprint density at radius 2 is 1.59 bits per heavy atom. The van der Waals surface area contributed by atoms with E-state index < -0.39 is 11.2 Å². The molecule has 0 saturated heterocycles. The van der Waals surface area contributed by atoms with Gasteiger partial charge in [0.15, 0.2) is 11.4 Å². The molecular formula is C22H15N3O4. The largest absolute Gasteiger partial charge is 0.508 e. The van der Waals surface area contributed by atoms with E-state index in [2.05, 4.69) is 4.98 Å². The molecule has 7 nitrogen and oxygen atoms in total. The Kier molecular flexibility index (Phi) is 3.39. The normalized spacial score (nSPS) is 12.3. The van der Waals surface area contributed by atoms with Crippen molar-refractivity contribution < 1.29 is 9.90 Å². The van der Waals surface area contributed by atoms with Crippen molar-refractivity contribution >= 4 is 16.8 Å². The molecule has 0 atom stereocenters. The molecule has 0 saturated carbocycles. The van der Waals surface area contributed by atoms with Gasteiger partial charge in [0.1, 0.15) is 5.75 Å². The summed E-state index contributed by atoms with van der Waals surface area (Å²) in [5.74, 6) is -0.231. The number of phenolic OH excluding ortho intramolecular Hbond substituents is 1. The summed E-state index contributed by atoms with van der Waals surface area (Å²) in [6.45, 7) is 0. The van der Waals surface area contributed by atoms with Gasteiger partial charge in [-0.1, -0.05) is 36.4 Å². The van der Waals surface area contributed by atoms with Crippen molar-refractivity contribution in [1.82, 2.24) is 14.1 Å². The van der Waals surface area contributed by atoms with Gasteiger partial charge >= 0.3 is 5.69 Å². The topological polar surface area (TPSA) is 94.2 Å². The van der Waals surface area contributed by atoms with Gasteiger partial charge in [-0.2, -0.15) is 0 Å². The van der Waals surface area contributed by atoms with Crippen molar-refractivity contribution in [2.75, 3.05) is 0 Å². The van der Waals surface area contributed by atoms with Crippen LogP contribution in [0.1, 0.15) is 15.9 Å². The summed E-state index contributed by atoms with van der Waals surface area (Å²) in [6, 6.07) is 13.5. The summed E-state index contributed by atoms with van der Waals surface area (Å²) < 4.78 is 2.30. The van der Waals surface area contributed by atoms with E-state index in [0.29, 0.717) is 33.5 Å². The van der Waals surface area contributed by atoms with E-state index in [1.807, 2.05) is 6.07 Å². The average molecular weight is 385 g/mol. The van der Waals surface area contributed by atoms with Crippen LogP contribution in [-0.2, 0) is 14.1 Å². The maximum Gasteiger partial charge on any atom is 0.332 e. The molecule has 0 amide bonds.